The smallest absolute Gasteiger partial charge is 0.156 e. The highest BCUT2D eigenvalue weighted by molar-refractivity contribution is 6.42. The van der Waals surface area contributed by atoms with Gasteiger partial charge in [-0.05, 0) is 29.8 Å². The number of halogens is 2. The van der Waals surface area contributed by atoms with Crippen molar-refractivity contribution in [2.75, 3.05) is 22.9 Å². The maximum atomic E-state index is 10.6. The van der Waals surface area contributed by atoms with Gasteiger partial charge in [0.1, 0.15) is 0 Å². The van der Waals surface area contributed by atoms with Crippen LogP contribution in [0.4, 0.5) is 11.4 Å². The molecule has 1 heterocycles. The average Bonchev–Trinajstić information content (AvgIpc) is 2.83. The Labute approximate surface area is 151 Å². The molecule has 0 amide bonds. The van der Waals surface area contributed by atoms with Crippen LogP contribution in [0.3, 0.4) is 0 Å². The Bertz CT molecular complexity index is 790. The summed E-state index contributed by atoms with van der Waals surface area (Å²) in [5, 5.41) is 11.5. The fourth-order valence-corrected chi connectivity index (χ4v) is 3.20. The molecule has 1 aliphatic rings. The SMILES string of the molecule is C#CCN1c2ccccc2N(CC(O)c2ccc(Cl)c(Cl)c2)[C@@H]1N. The molecule has 0 radical (unpaired) electrons. The monoisotopic (exact) mass is 361 g/mol. The minimum atomic E-state index is -0.760. The zero-order valence-electron chi connectivity index (χ0n) is 12.9. The van der Waals surface area contributed by atoms with Gasteiger partial charge in [0.15, 0.2) is 6.29 Å². The van der Waals surface area contributed by atoms with E-state index in [-0.39, 0.29) is 0 Å². The molecule has 6 heteroatoms. The van der Waals surface area contributed by atoms with Crippen LogP contribution in [0.15, 0.2) is 42.5 Å². The van der Waals surface area contributed by atoms with Crippen molar-refractivity contribution in [3.05, 3.63) is 58.1 Å². The highest BCUT2D eigenvalue weighted by atomic mass is 35.5. The van der Waals surface area contributed by atoms with Crippen molar-refractivity contribution in [2.45, 2.75) is 12.4 Å². The number of anilines is 2. The third kappa shape index (κ3) is 3.04. The fourth-order valence-electron chi connectivity index (χ4n) is 2.90. The number of benzene rings is 2. The van der Waals surface area contributed by atoms with E-state index in [0.717, 1.165) is 11.4 Å². The summed E-state index contributed by atoms with van der Waals surface area (Å²) in [6.45, 7) is 0.717. The lowest BCUT2D eigenvalue weighted by molar-refractivity contribution is 0.181. The van der Waals surface area contributed by atoms with Crippen LogP contribution in [0, 0.1) is 12.3 Å². The molecule has 0 bridgehead atoms. The predicted octanol–water partition coefficient (Wildman–Crippen LogP) is 3.23. The van der Waals surface area contributed by atoms with E-state index < -0.39 is 12.4 Å². The summed E-state index contributed by atoms with van der Waals surface area (Å²) in [5.74, 6) is 2.62. The Morgan fingerprint density at radius 1 is 1.12 bits per heavy atom. The number of β-amino-alcohol motifs (C(OH)–C–C–N with tert-alkyl or cyclic N) is 1. The number of hydrogen-bond acceptors (Lipinski definition) is 4. The minimum Gasteiger partial charge on any atom is -0.387 e. The molecule has 0 saturated carbocycles. The number of hydrogen-bond donors (Lipinski definition) is 2. The molecule has 0 spiro atoms. The lowest BCUT2D eigenvalue weighted by Crippen LogP contribution is -2.51. The van der Waals surface area contributed by atoms with Crippen molar-refractivity contribution in [1.29, 1.82) is 0 Å². The molecule has 0 saturated heterocycles. The molecule has 4 nitrogen and oxygen atoms in total. The van der Waals surface area contributed by atoms with Crippen molar-refractivity contribution in [2.24, 2.45) is 5.73 Å². The summed E-state index contributed by atoms with van der Waals surface area (Å²) in [6.07, 6.45) is 4.26. The number of aliphatic hydroxyl groups is 1. The second-order valence-electron chi connectivity index (χ2n) is 5.58. The highest BCUT2D eigenvalue weighted by Crippen LogP contribution is 2.38. The highest BCUT2D eigenvalue weighted by Gasteiger charge is 2.33. The number of nitrogens with two attached hydrogens (primary N) is 1. The van der Waals surface area contributed by atoms with Gasteiger partial charge in [-0.25, -0.2) is 0 Å². The third-order valence-corrected chi connectivity index (χ3v) is 4.84. The van der Waals surface area contributed by atoms with Gasteiger partial charge in [0.05, 0.1) is 40.6 Å². The first-order valence-electron chi connectivity index (χ1n) is 7.47. The Kier molecular flexibility index (Phi) is 4.88. The largest absolute Gasteiger partial charge is 0.387 e. The van der Waals surface area contributed by atoms with Crippen LogP contribution < -0.4 is 15.5 Å². The summed E-state index contributed by atoms with van der Waals surface area (Å²) >= 11 is 12.0. The van der Waals surface area contributed by atoms with E-state index >= 15 is 0 Å². The van der Waals surface area contributed by atoms with E-state index in [9.17, 15) is 5.11 Å². The Hall–Kier alpha value is -1.90. The van der Waals surface area contributed by atoms with Gasteiger partial charge in [-0.15, -0.1) is 6.42 Å². The molecule has 124 valence electrons. The van der Waals surface area contributed by atoms with Crippen LogP contribution in [0.25, 0.3) is 0 Å². The molecule has 2 aromatic rings. The molecule has 0 fully saturated rings. The molecule has 2 aromatic carbocycles. The summed E-state index contributed by atoms with van der Waals surface area (Å²) < 4.78 is 0. The van der Waals surface area contributed by atoms with E-state index in [1.165, 1.54) is 0 Å². The van der Waals surface area contributed by atoms with Gasteiger partial charge >= 0.3 is 0 Å². The van der Waals surface area contributed by atoms with Crippen molar-refractivity contribution >= 4 is 34.6 Å². The summed E-state index contributed by atoms with van der Waals surface area (Å²) in [7, 11) is 0. The van der Waals surface area contributed by atoms with Gasteiger partial charge in [0.25, 0.3) is 0 Å². The average molecular weight is 362 g/mol. The molecule has 3 N–H and O–H groups in total. The summed E-state index contributed by atoms with van der Waals surface area (Å²) in [6, 6.07) is 12.9. The fraction of sp³-hybridized carbons (Fsp3) is 0.222. The second kappa shape index (κ2) is 6.92. The first-order valence-corrected chi connectivity index (χ1v) is 8.23. The zero-order valence-corrected chi connectivity index (χ0v) is 14.4. The van der Waals surface area contributed by atoms with Crippen molar-refractivity contribution in [3.8, 4) is 12.3 Å². The topological polar surface area (TPSA) is 52.7 Å². The van der Waals surface area contributed by atoms with E-state index in [1.807, 2.05) is 34.1 Å². The molecular weight excluding hydrogens is 345 g/mol. The van der Waals surface area contributed by atoms with E-state index in [4.69, 9.17) is 35.4 Å². The van der Waals surface area contributed by atoms with Crippen LogP contribution in [0.1, 0.15) is 11.7 Å². The normalized spacial score (nSPS) is 17.5. The summed E-state index contributed by atoms with van der Waals surface area (Å²) in [5.41, 5.74) is 8.93. The van der Waals surface area contributed by atoms with Gasteiger partial charge in [-0.1, -0.05) is 47.3 Å². The molecule has 24 heavy (non-hydrogen) atoms. The molecule has 1 aliphatic heterocycles. The maximum Gasteiger partial charge on any atom is 0.156 e. The predicted molar refractivity (Wildman–Crippen MR) is 99.4 cm³/mol. The lowest BCUT2D eigenvalue weighted by atomic mass is 10.1. The lowest BCUT2D eigenvalue weighted by Gasteiger charge is -2.30. The third-order valence-electron chi connectivity index (χ3n) is 4.10. The number of terminal acetylenes is 1. The van der Waals surface area contributed by atoms with Crippen LogP contribution in [-0.4, -0.2) is 24.5 Å². The first-order chi connectivity index (χ1) is 11.5. The van der Waals surface area contributed by atoms with Gasteiger partial charge in [-0.3, -0.25) is 5.73 Å². The van der Waals surface area contributed by atoms with Crippen LogP contribution >= 0.6 is 23.2 Å². The van der Waals surface area contributed by atoms with E-state index in [1.54, 1.807) is 18.2 Å². The summed E-state index contributed by atoms with van der Waals surface area (Å²) in [4.78, 5) is 3.86. The van der Waals surface area contributed by atoms with Crippen LogP contribution in [-0.2, 0) is 0 Å². The van der Waals surface area contributed by atoms with Gasteiger partial charge < -0.3 is 14.9 Å². The van der Waals surface area contributed by atoms with Crippen molar-refractivity contribution < 1.29 is 5.11 Å². The Morgan fingerprint density at radius 2 is 1.79 bits per heavy atom. The van der Waals surface area contributed by atoms with Gasteiger partial charge in [-0.2, -0.15) is 0 Å². The second-order valence-corrected chi connectivity index (χ2v) is 6.39. The number of nitrogens with zero attached hydrogens (tertiary/aromatic N) is 2. The number of fused-ring (bicyclic) bond motifs is 1. The Balaban J connectivity index is 1.86. The first kappa shape index (κ1) is 16.9. The number of rotatable bonds is 4. The van der Waals surface area contributed by atoms with Gasteiger partial charge in [0, 0.05) is 0 Å². The maximum absolute atomic E-state index is 10.6. The van der Waals surface area contributed by atoms with Crippen LogP contribution in [0.5, 0.6) is 0 Å². The van der Waals surface area contributed by atoms with Crippen molar-refractivity contribution in [1.82, 2.24) is 0 Å². The van der Waals surface area contributed by atoms with Crippen LogP contribution in [0.2, 0.25) is 10.0 Å². The molecular formula is C18H17Cl2N3O. The number of aliphatic hydroxyl groups excluding tert-OH is 1. The molecule has 3 rings (SSSR count). The van der Waals surface area contributed by atoms with E-state index in [2.05, 4.69) is 5.92 Å². The zero-order chi connectivity index (χ0) is 17.3. The van der Waals surface area contributed by atoms with E-state index in [0.29, 0.717) is 28.7 Å². The molecule has 1 unspecified atom stereocenters. The quantitative estimate of drug-likeness (QED) is 0.820. The Morgan fingerprint density at radius 3 is 2.42 bits per heavy atom. The molecule has 0 aromatic heterocycles. The van der Waals surface area contributed by atoms with Gasteiger partial charge in [0.2, 0.25) is 0 Å². The molecule has 0 aliphatic carbocycles. The standard InChI is InChI=1S/C18H17Cl2N3O/c1-2-9-22-15-5-3-4-6-16(15)23(18(22)21)11-17(24)12-7-8-13(19)14(20)10-12/h1,3-8,10,17-18,24H,9,11,21H2/t17?,18-/m1/s1. The minimum absolute atomic E-state index is 0.317. The van der Waals surface area contributed by atoms with Crippen molar-refractivity contribution in [3.63, 3.8) is 0 Å². The molecule has 2 atom stereocenters. The number of para-hydroxylation sites is 2.